The molecule has 28 heavy (non-hydrogen) atoms. The largest absolute Gasteiger partial charge is 0.394 e. The van der Waals surface area contributed by atoms with E-state index in [0.717, 1.165) is 22.4 Å². The third-order valence-corrected chi connectivity index (χ3v) is 5.71. The van der Waals surface area contributed by atoms with Crippen LogP contribution in [0, 0.1) is 0 Å². The van der Waals surface area contributed by atoms with Crippen LogP contribution in [-0.2, 0) is 22.7 Å². The van der Waals surface area contributed by atoms with Gasteiger partial charge in [-0.3, -0.25) is 0 Å². The normalized spacial score (nSPS) is 12.8. The van der Waals surface area contributed by atoms with Gasteiger partial charge in [-0.1, -0.05) is 41.6 Å². The molecule has 3 aromatic rings. The van der Waals surface area contributed by atoms with Crippen LogP contribution in [0.5, 0.6) is 0 Å². The molecule has 0 saturated carbocycles. The average molecular weight is 401 g/mol. The summed E-state index contributed by atoms with van der Waals surface area (Å²) in [6, 6.07) is 14.6. The third kappa shape index (κ3) is 4.83. The molecule has 0 aliphatic carbocycles. The zero-order valence-electron chi connectivity index (χ0n) is 15.7. The van der Waals surface area contributed by atoms with Crippen LogP contribution < -0.4 is 5.73 Å². The van der Waals surface area contributed by atoms with Gasteiger partial charge in [0.2, 0.25) is 0 Å². The summed E-state index contributed by atoms with van der Waals surface area (Å²) in [5, 5.41) is 17.9. The summed E-state index contributed by atoms with van der Waals surface area (Å²) in [5.74, 6) is 0. The van der Waals surface area contributed by atoms with Crippen molar-refractivity contribution in [2.24, 2.45) is 5.73 Å². The quantitative estimate of drug-likeness (QED) is 0.594. The van der Waals surface area contributed by atoms with Gasteiger partial charge in [-0.15, -0.1) is 5.10 Å². The summed E-state index contributed by atoms with van der Waals surface area (Å²) in [4.78, 5) is 0.306. The van der Waals surface area contributed by atoms with E-state index in [4.69, 9.17) is 5.73 Å². The van der Waals surface area contributed by atoms with Crippen molar-refractivity contribution in [2.45, 2.75) is 23.8 Å². The molecule has 0 fully saturated rings. The molecule has 148 valence electrons. The lowest BCUT2D eigenvalue weighted by Gasteiger charge is -2.14. The Labute approximate surface area is 164 Å². The summed E-state index contributed by atoms with van der Waals surface area (Å²) in [6.07, 6.45) is 4.30. The van der Waals surface area contributed by atoms with E-state index in [-0.39, 0.29) is 12.6 Å². The summed E-state index contributed by atoms with van der Waals surface area (Å²) in [6.45, 7) is 0.468. The number of aliphatic hydroxyl groups is 1. The summed E-state index contributed by atoms with van der Waals surface area (Å²) >= 11 is 0. The summed E-state index contributed by atoms with van der Waals surface area (Å²) in [7, 11) is -3.20. The Balaban J connectivity index is 1.72. The lowest BCUT2D eigenvalue weighted by atomic mass is 10.0. The second kappa shape index (κ2) is 8.64. The van der Waals surface area contributed by atoms with E-state index in [1.807, 2.05) is 30.5 Å². The molecule has 7 nitrogen and oxygen atoms in total. The van der Waals surface area contributed by atoms with Crippen molar-refractivity contribution in [3.63, 3.8) is 0 Å². The molecule has 0 amide bonds. The smallest absolute Gasteiger partial charge is 0.175 e. The number of benzene rings is 2. The van der Waals surface area contributed by atoms with Crippen molar-refractivity contribution in [3.8, 4) is 11.1 Å². The zero-order valence-corrected chi connectivity index (χ0v) is 16.5. The lowest BCUT2D eigenvalue weighted by Crippen LogP contribution is -2.16. The molecule has 0 aliphatic heterocycles. The van der Waals surface area contributed by atoms with Crippen LogP contribution in [0.1, 0.15) is 17.3 Å². The van der Waals surface area contributed by atoms with Crippen molar-refractivity contribution in [3.05, 3.63) is 66.0 Å². The number of aromatic nitrogens is 3. The van der Waals surface area contributed by atoms with E-state index in [1.54, 1.807) is 28.9 Å². The highest BCUT2D eigenvalue weighted by Crippen LogP contribution is 2.23. The predicted octanol–water partition coefficient (Wildman–Crippen LogP) is 1.63. The van der Waals surface area contributed by atoms with Crippen LogP contribution in [0.25, 0.3) is 11.1 Å². The molecular weight excluding hydrogens is 376 g/mol. The number of hydrogen-bond acceptors (Lipinski definition) is 6. The fourth-order valence-electron chi connectivity index (χ4n) is 3.00. The van der Waals surface area contributed by atoms with Crippen LogP contribution >= 0.6 is 0 Å². The molecule has 3 rings (SSSR count). The van der Waals surface area contributed by atoms with E-state index < -0.39 is 9.84 Å². The van der Waals surface area contributed by atoms with Crippen molar-refractivity contribution in [2.75, 3.05) is 19.4 Å². The van der Waals surface area contributed by atoms with Gasteiger partial charge in [0.1, 0.15) is 0 Å². The third-order valence-electron chi connectivity index (χ3n) is 4.58. The highest BCUT2D eigenvalue weighted by molar-refractivity contribution is 7.90. The second-order valence-electron chi connectivity index (χ2n) is 6.76. The minimum absolute atomic E-state index is 0.0415. The van der Waals surface area contributed by atoms with Gasteiger partial charge in [-0.2, -0.15) is 0 Å². The number of nitrogens with two attached hydrogens (primary N) is 1. The first kappa shape index (κ1) is 20.2. The number of sulfone groups is 1. The number of aliphatic hydroxyl groups excluding tert-OH is 1. The molecule has 0 bridgehead atoms. The van der Waals surface area contributed by atoms with E-state index in [0.29, 0.717) is 24.3 Å². The van der Waals surface area contributed by atoms with Gasteiger partial charge >= 0.3 is 0 Å². The van der Waals surface area contributed by atoms with Crippen LogP contribution in [0.15, 0.2) is 59.6 Å². The lowest BCUT2D eigenvalue weighted by molar-refractivity contribution is 0.216. The number of hydrogen-bond donors (Lipinski definition) is 2. The van der Waals surface area contributed by atoms with Crippen LogP contribution in [0.3, 0.4) is 0 Å². The molecule has 1 atom stereocenters. The predicted molar refractivity (Wildman–Crippen MR) is 108 cm³/mol. The number of rotatable bonds is 8. The van der Waals surface area contributed by atoms with Gasteiger partial charge in [0.15, 0.2) is 9.84 Å². The maximum absolute atomic E-state index is 11.6. The maximum Gasteiger partial charge on any atom is 0.175 e. The minimum atomic E-state index is -3.20. The molecule has 2 aromatic carbocycles. The standard InChI is InChI=1S/C20H24N4O3S/c1-28(26,27)20-8-6-17(7-9-20)16-4-2-15(3-5-16)12-19(14-25)24-13-18(10-11-21)22-23-24/h2-9,13,19,25H,10-12,14,21H2,1H3/t19-/m0/s1. The van der Waals surface area contributed by atoms with Crippen molar-refractivity contribution < 1.29 is 13.5 Å². The van der Waals surface area contributed by atoms with Crippen LogP contribution in [-0.4, -0.2) is 47.9 Å². The molecule has 0 aliphatic rings. The zero-order chi connectivity index (χ0) is 20.1. The van der Waals surface area contributed by atoms with E-state index in [1.165, 1.54) is 6.26 Å². The Hall–Kier alpha value is -2.55. The van der Waals surface area contributed by atoms with E-state index >= 15 is 0 Å². The maximum atomic E-state index is 11.6. The fourth-order valence-corrected chi connectivity index (χ4v) is 3.63. The SMILES string of the molecule is CS(=O)(=O)c1ccc(-c2ccc(C[C@@H](CO)n3cc(CCN)nn3)cc2)cc1. The highest BCUT2D eigenvalue weighted by atomic mass is 32.2. The Morgan fingerprint density at radius 3 is 2.21 bits per heavy atom. The molecule has 0 radical (unpaired) electrons. The first-order valence-corrected chi connectivity index (χ1v) is 10.9. The van der Waals surface area contributed by atoms with Crippen molar-refractivity contribution in [1.82, 2.24) is 15.0 Å². The highest BCUT2D eigenvalue weighted by Gasteiger charge is 2.14. The van der Waals surface area contributed by atoms with Gasteiger partial charge in [-0.05, 0) is 41.8 Å². The molecule has 8 heteroatoms. The Morgan fingerprint density at radius 1 is 1.07 bits per heavy atom. The first-order chi connectivity index (χ1) is 13.4. The summed E-state index contributed by atoms with van der Waals surface area (Å²) < 4.78 is 24.8. The first-order valence-electron chi connectivity index (χ1n) is 9.02. The Bertz CT molecular complexity index is 1010. The van der Waals surface area contributed by atoms with Gasteiger partial charge in [0, 0.05) is 18.9 Å². The molecule has 1 heterocycles. The van der Waals surface area contributed by atoms with Gasteiger partial charge in [-0.25, -0.2) is 13.1 Å². The van der Waals surface area contributed by atoms with Gasteiger partial charge in [0.25, 0.3) is 0 Å². The molecule has 0 spiro atoms. The Morgan fingerprint density at radius 2 is 1.68 bits per heavy atom. The molecule has 0 unspecified atom stereocenters. The minimum Gasteiger partial charge on any atom is -0.394 e. The molecule has 1 aromatic heterocycles. The molecule has 3 N–H and O–H groups in total. The second-order valence-corrected chi connectivity index (χ2v) is 8.78. The monoisotopic (exact) mass is 400 g/mol. The summed E-state index contributed by atoms with van der Waals surface area (Å²) in [5.41, 5.74) is 9.35. The van der Waals surface area contributed by atoms with Gasteiger partial charge < -0.3 is 10.8 Å². The van der Waals surface area contributed by atoms with E-state index in [9.17, 15) is 13.5 Å². The molecular formula is C20H24N4O3S. The van der Waals surface area contributed by atoms with Gasteiger partial charge in [0.05, 0.1) is 23.2 Å². The average Bonchev–Trinajstić information content (AvgIpc) is 3.15. The fraction of sp³-hybridized carbons (Fsp3) is 0.300. The number of nitrogens with zero attached hydrogens (tertiary/aromatic N) is 3. The van der Waals surface area contributed by atoms with Crippen molar-refractivity contribution >= 4 is 9.84 Å². The Kier molecular flexibility index (Phi) is 6.23. The van der Waals surface area contributed by atoms with Crippen molar-refractivity contribution in [1.29, 1.82) is 0 Å². The van der Waals surface area contributed by atoms with Crippen LogP contribution in [0.2, 0.25) is 0 Å². The van der Waals surface area contributed by atoms with Crippen LogP contribution in [0.4, 0.5) is 0 Å². The molecule has 0 saturated heterocycles. The topological polar surface area (TPSA) is 111 Å². The van der Waals surface area contributed by atoms with E-state index in [2.05, 4.69) is 10.3 Å².